The van der Waals surface area contributed by atoms with Gasteiger partial charge in [-0.05, 0) is 6.54 Å². The lowest BCUT2D eigenvalue weighted by atomic mass is 10.4. The summed E-state index contributed by atoms with van der Waals surface area (Å²) in [5.41, 5.74) is 5.34. The van der Waals surface area contributed by atoms with Crippen molar-refractivity contribution < 1.29 is 14.0 Å². The van der Waals surface area contributed by atoms with E-state index in [1.165, 1.54) is 0 Å². The van der Waals surface area contributed by atoms with E-state index in [1.807, 2.05) is 0 Å². The summed E-state index contributed by atoms with van der Waals surface area (Å²) in [5.74, 6) is 1.10. The van der Waals surface area contributed by atoms with Gasteiger partial charge < -0.3 is 19.7 Å². The second-order valence-electron chi connectivity index (χ2n) is 2.69. The molecule has 0 aromatic carbocycles. The largest absolute Gasteiger partial charge is 0.382 e. The van der Waals surface area contributed by atoms with Crippen LogP contribution < -0.4 is 5.73 Å². The summed E-state index contributed by atoms with van der Waals surface area (Å²) in [5, 5.41) is 3.73. The number of ether oxygens (including phenoxy) is 2. The SMILES string of the molecule is COCCOCc1nc(CCN)no1. The molecule has 0 radical (unpaired) electrons. The van der Waals surface area contributed by atoms with Gasteiger partial charge in [0.25, 0.3) is 5.89 Å². The second kappa shape index (κ2) is 6.47. The van der Waals surface area contributed by atoms with Crippen LogP contribution in [0.15, 0.2) is 4.52 Å². The monoisotopic (exact) mass is 201 g/mol. The van der Waals surface area contributed by atoms with Crippen molar-refractivity contribution in [1.29, 1.82) is 0 Å². The zero-order valence-corrected chi connectivity index (χ0v) is 8.23. The fourth-order valence-electron chi connectivity index (χ4n) is 0.881. The summed E-state index contributed by atoms with van der Waals surface area (Å²) in [7, 11) is 1.62. The predicted molar refractivity (Wildman–Crippen MR) is 48.6 cm³/mol. The maximum atomic E-state index is 5.34. The number of aromatic nitrogens is 2. The van der Waals surface area contributed by atoms with E-state index >= 15 is 0 Å². The molecule has 0 saturated carbocycles. The quantitative estimate of drug-likeness (QED) is 0.611. The summed E-state index contributed by atoms with van der Waals surface area (Å²) < 4.78 is 14.9. The molecule has 1 rings (SSSR count). The van der Waals surface area contributed by atoms with Crippen LogP contribution in [0.25, 0.3) is 0 Å². The van der Waals surface area contributed by atoms with Gasteiger partial charge >= 0.3 is 0 Å². The highest BCUT2D eigenvalue weighted by Crippen LogP contribution is 1.99. The highest BCUT2D eigenvalue weighted by atomic mass is 16.5. The molecule has 0 bridgehead atoms. The first kappa shape index (κ1) is 11.1. The summed E-state index contributed by atoms with van der Waals surface area (Å²) in [6.45, 7) is 1.92. The Labute approximate surface area is 82.4 Å². The molecule has 0 aliphatic carbocycles. The lowest BCUT2D eigenvalue weighted by molar-refractivity contribution is 0.0494. The molecule has 80 valence electrons. The molecule has 6 heteroatoms. The van der Waals surface area contributed by atoms with E-state index in [0.717, 1.165) is 0 Å². The van der Waals surface area contributed by atoms with Gasteiger partial charge in [-0.2, -0.15) is 4.98 Å². The summed E-state index contributed by atoms with van der Waals surface area (Å²) >= 11 is 0. The lowest BCUT2D eigenvalue weighted by Crippen LogP contribution is -2.04. The van der Waals surface area contributed by atoms with Crippen LogP contribution in [-0.2, 0) is 22.5 Å². The van der Waals surface area contributed by atoms with E-state index in [0.29, 0.717) is 44.5 Å². The zero-order valence-electron chi connectivity index (χ0n) is 8.23. The van der Waals surface area contributed by atoms with Gasteiger partial charge in [-0.1, -0.05) is 5.16 Å². The highest BCUT2D eigenvalue weighted by Gasteiger charge is 2.04. The lowest BCUT2D eigenvalue weighted by Gasteiger charge is -1.98. The molecule has 1 aromatic heterocycles. The van der Waals surface area contributed by atoms with Crippen LogP contribution in [-0.4, -0.2) is 37.0 Å². The predicted octanol–water partition coefficient (Wildman–Crippen LogP) is -0.266. The fraction of sp³-hybridized carbons (Fsp3) is 0.750. The third kappa shape index (κ3) is 3.82. The Morgan fingerprint density at radius 2 is 2.29 bits per heavy atom. The number of hydrogen-bond donors (Lipinski definition) is 1. The zero-order chi connectivity index (χ0) is 10.2. The number of hydrogen-bond acceptors (Lipinski definition) is 6. The Morgan fingerprint density at radius 3 is 3.00 bits per heavy atom. The van der Waals surface area contributed by atoms with Gasteiger partial charge in [0.15, 0.2) is 5.82 Å². The second-order valence-corrected chi connectivity index (χ2v) is 2.69. The van der Waals surface area contributed by atoms with Gasteiger partial charge in [0.1, 0.15) is 6.61 Å². The molecule has 0 aliphatic heterocycles. The maximum absolute atomic E-state index is 5.34. The molecule has 0 spiro atoms. The van der Waals surface area contributed by atoms with Crippen molar-refractivity contribution in [2.45, 2.75) is 13.0 Å². The smallest absolute Gasteiger partial charge is 0.252 e. The molecule has 0 aliphatic rings. The van der Waals surface area contributed by atoms with Gasteiger partial charge in [0, 0.05) is 13.5 Å². The van der Waals surface area contributed by atoms with Crippen molar-refractivity contribution in [3.05, 3.63) is 11.7 Å². The Bertz CT molecular complexity index is 252. The Kier molecular flexibility index (Phi) is 5.13. The summed E-state index contributed by atoms with van der Waals surface area (Å²) in [4.78, 5) is 4.07. The van der Waals surface area contributed by atoms with Crippen LogP contribution >= 0.6 is 0 Å². The van der Waals surface area contributed by atoms with Crippen molar-refractivity contribution in [3.63, 3.8) is 0 Å². The first-order chi connectivity index (χ1) is 6.86. The van der Waals surface area contributed by atoms with Crippen molar-refractivity contribution >= 4 is 0 Å². The highest BCUT2D eigenvalue weighted by molar-refractivity contribution is 4.85. The van der Waals surface area contributed by atoms with Crippen LogP contribution in [0.1, 0.15) is 11.7 Å². The third-order valence-corrected chi connectivity index (χ3v) is 1.54. The fourth-order valence-corrected chi connectivity index (χ4v) is 0.881. The van der Waals surface area contributed by atoms with Crippen molar-refractivity contribution in [2.75, 3.05) is 26.9 Å². The van der Waals surface area contributed by atoms with Crippen molar-refractivity contribution in [3.8, 4) is 0 Å². The molecule has 0 unspecified atom stereocenters. The minimum atomic E-state index is 0.320. The average Bonchev–Trinajstić information content (AvgIpc) is 2.61. The first-order valence-corrected chi connectivity index (χ1v) is 4.45. The average molecular weight is 201 g/mol. The minimum Gasteiger partial charge on any atom is -0.382 e. The van der Waals surface area contributed by atoms with Gasteiger partial charge in [0.05, 0.1) is 13.2 Å². The van der Waals surface area contributed by atoms with E-state index in [4.69, 9.17) is 19.7 Å². The van der Waals surface area contributed by atoms with E-state index < -0.39 is 0 Å². The Balaban J connectivity index is 2.22. The number of nitrogens with two attached hydrogens (primary N) is 1. The number of rotatable bonds is 7. The minimum absolute atomic E-state index is 0.320. The van der Waals surface area contributed by atoms with Gasteiger partial charge in [-0.25, -0.2) is 0 Å². The Hall–Kier alpha value is -0.980. The van der Waals surface area contributed by atoms with E-state index in [1.54, 1.807) is 7.11 Å². The van der Waals surface area contributed by atoms with E-state index in [9.17, 15) is 0 Å². The van der Waals surface area contributed by atoms with Crippen molar-refractivity contribution in [2.24, 2.45) is 5.73 Å². The molecule has 0 amide bonds. The third-order valence-electron chi connectivity index (χ3n) is 1.54. The molecule has 14 heavy (non-hydrogen) atoms. The molecule has 1 aromatic rings. The normalized spacial score (nSPS) is 10.7. The molecule has 0 fully saturated rings. The van der Waals surface area contributed by atoms with Gasteiger partial charge in [0.2, 0.25) is 0 Å². The van der Waals surface area contributed by atoms with E-state index in [-0.39, 0.29) is 0 Å². The van der Waals surface area contributed by atoms with Gasteiger partial charge in [-0.15, -0.1) is 0 Å². The topological polar surface area (TPSA) is 83.4 Å². The van der Waals surface area contributed by atoms with Gasteiger partial charge in [-0.3, -0.25) is 0 Å². The van der Waals surface area contributed by atoms with Crippen LogP contribution in [0.5, 0.6) is 0 Å². The molecule has 0 atom stereocenters. The standard InChI is InChI=1S/C8H15N3O3/c1-12-4-5-13-6-8-10-7(2-3-9)11-14-8/h2-6,9H2,1H3. The number of nitrogens with zero attached hydrogens (tertiary/aromatic N) is 2. The van der Waals surface area contributed by atoms with E-state index in [2.05, 4.69) is 10.1 Å². The molecule has 0 saturated heterocycles. The Morgan fingerprint density at radius 1 is 1.43 bits per heavy atom. The number of methoxy groups -OCH3 is 1. The molecule has 6 nitrogen and oxygen atoms in total. The molecular weight excluding hydrogens is 186 g/mol. The molecule has 2 N–H and O–H groups in total. The summed E-state index contributed by atoms with van der Waals surface area (Å²) in [6.07, 6.45) is 0.627. The first-order valence-electron chi connectivity index (χ1n) is 4.45. The maximum Gasteiger partial charge on any atom is 0.252 e. The van der Waals surface area contributed by atoms with Crippen LogP contribution in [0.2, 0.25) is 0 Å². The van der Waals surface area contributed by atoms with Crippen LogP contribution in [0.4, 0.5) is 0 Å². The molecule has 1 heterocycles. The van der Waals surface area contributed by atoms with Crippen molar-refractivity contribution in [1.82, 2.24) is 10.1 Å². The van der Waals surface area contributed by atoms with Crippen LogP contribution in [0.3, 0.4) is 0 Å². The van der Waals surface area contributed by atoms with Crippen LogP contribution in [0, 0.1) is 0 Å². The molecular formula is C8H15N3O3. The summed E-state index contributed by atoms with van der Waals surface area (Å²) in [6, 6.07) is 0.